The molecule has 1 heterocycles. The number of fused-ring (bicyclic) bond motifs is 1. The summed E-state index contributed by atoms with van der Waals surface area (Å²) in [6, 6.07) is 4.04. The number of benzene rings is 1. The van der Waals surface area contributed by atoms with Gasteiger partial charge >= 0.3 is 6.29 Å². The van der Waals surface area contributed by atoms with Crippen molar-refractivity contribution < 1.29 is 32.7 Å². The third kappa shape index (κ3) is 5.56. The highest BCUT2D eigenvalue weighted by molar-refractivity contribution is 5.92. The van der Waals surface area contributed by atoms with Crippen LogP contribution in [0.2, 0.25) is 0 Å². The van der Waals surface area contributed by atoms with Gasteiger partial charge in [0.25, 0.3) is 11.8 Å². The molecule has 2 amide bonds. The van der Waals surface area contributed by atoms with E-state index in [0.717, 1.165) is 4.90 Å². The first kappa shape index (κ1) is 18.9. The molecule has 1 aromatic rings. The number of ether oxygens (including phenoxy) is 2. The number of halogens is 2. The molecule has 3 N–H and O–H groups in total. The molecule has 138 valence electrons. The molecule has 0 spiro atoms. The number of anilines is 1. The molecule has 2 rings (SSSR count). The Morgan fingerprint density at radius 3 is 2.44 bits per heavy atom. The van der Waals surface area contributed by atoms with E-state index in [1.54, 1.807) is 0 Å². The van der Waals surface area contributed by atoms with Crippen molar-refractivity contribution in [2.45, 2.75) is 33.1 Å². The number of likely N-dealkylation sites (N-methyl/N-ethyl adjacent to an activating group) is 1. The summed E-state index contributed by atoms with van der Waals surface area (Å²) in [5.41, 5.74) is 0.312. The molecule has 7 nitrogen and oxygen atoms in total. The van der Waals surface area contributed by atoms with E-state index in [9.17, 15) is 18.4 Å². The zero-order valence-corrected chi connectivity index (χ0v) is 14.3. The normalized spacial score (nSPS) is 15.8. The molecule has 0 saturated heterocycles. The van der Waals surface area contributed by atoms with E-state index in [0.29, 0.717) is 12.2 Å². The molecule has 0 aromatic heterocycles. The molecular formula is C16H22F2N3O4+. The Balaban J connectivity index is 1.90. The minimum Gasteiger partial charge on any atom is -0.395 e. The van der Waals surface area contributed by atoms with Gasteiger partial charge in [-0.1, -0.05) is 0 Å². The molecule has 0 saturated carbocycles. The van der Waals surface area contributed by atoms with Gasteiger partial charge in [-0.2, -0.15) is 0 Å². The van der Waals surface area contributed by atoms with Crippen LogP contribution in [0.3, 0.4) is 0 Å². The van der Waals surface area contributed by atoms with E-state index in [1.807, 2.05) is 20.8 Å². The van der Waals surface area contributed by atoms with Gasteiger partial charge in [-0.05, 0) is 32.9 Å². The van der Waals surface area contributed by atoms with E-state index in [2.05, 4.69) is 20.1 Å². The SMILES string of the molecule is CC[NH+](CC(=O)Nc1ccc2c(c1)OC(F)(F)O2)CC(=O)NC(C)C. The monoisotopic (exact) mass is 358 g/mol. The van der Waals surface area contributed by atoms with Crippen LogP contribution in [-0.2, 0) is 9.59 Å². The molecular weight excluding hydrogens is 336 g/mol. The number of alkyl halides is 2. The van der Waals surface area contributed by atoms with Gasteiger partial charge in [0.1, 0.15) is 0 Å². The summed E-state index contributed by atoms with van der Waals surface area (Å²) in [6.07, 6.45) is -3.70. The number of rotatable bonds is 7. The summed E-state index contributed by atoms with van der Waals surface area (Å²) in [5.74, 6) is -0.697. The van der Waals surface area contributed by atoms with Crippen molar-refractivity contribution in [3.05, 3.63) is 18.2 Å². The number of carbonyl (C=O) groups excluding carboxylic acids is 2. The highest BCUT2D eigenvalue weighted by atomic mass is 19.3. The predicted octanol–water partition coefficient (Wildman–Crippen LogP) is 0.376. The van der Waals surface area contributed by atoms with Crippen molar-refractivity contribution in [1.82, 2.24) is 5.32 Å². The lowest BCUT2D eigenvalue weighted by atomic mass is 10.2. The number of carbonyl (C=O) groups is 2. The molecule has 1 aliphatic rings. The third-order valence-corrected chi connectivity index (χ3v) is 3.46. The topological polar surface area (TPSA) is 81.1 Å². The van der Waals surface area contributed by atoms with E-state index >= 15 is 0 Å². The van der Waals surface area contributed by atoms with Crippen molar-refractivity contribution in [2.75, 3.05) is 25.0 Å². The minimum atomic E-state index is -3.70. The summed E-state index contributed by atoms with van der Waals surface area (Å²) in [7, 11) is 0. The summed E-state index contributed by atoms with van der Waals surface area (Å²) in [4.78, 5) is 24.7. The molecule has 1 atom stereocenters. The molecule has 1 unspecified atom stereocenters. The van der Waals surface area contributed by atoms with Crippen LogP contribution in [-0.4, -0.2) is 43.8 Å². The Morgan fingerprint density at radius 2 is 1.80 bits per heavy atom. The van der Waals surface area contributed by atoms with Gasteiger partial charge in [-0.15, -0.1) is 8.78 Å². The average molecular weight is 358 g/mol. The van der Waals surface area contributed by atoms with Gasteiger partial charge in [0.15, 0.2) is 24.6 Å². The van der Waals surface area contributed by atoms with Crippen LogP contribution < -0.4 is 25.0 Å². The van der Waals surface area contributed by atoms with Crippen molar-refractivity contribution in [2.24, 2.45) is 0 Å². The van der Waals surface area contributed by atoms with Crippen molar-refractivity contribution >= 4 is 17.5 Å². The van der Waals surface area contributed by atoms with Crippen LogP contribution in [0, 0.1) is 0 Å². The van der Waals surface area contributed by atoms with Crippen molar-refractivity contribution in [3.8, 4) is 11.5 Å². The fourth-order valence-corrected chi connectivity index (χ4v) is 2.37. The number of nitrogens with one attached hydrogen (secondary N) is 3. The van der Waals surface area contributed by atoms with Gasteiger partial charge in [-0.25, -0.2) is 0 Å². The van der Waals surface area contributed by atoms with Crippen LogP contribution in [0.4, 0.5) is 14.5 Å². The van der Waals surface area contributed by atoms with E-state index in [4.69, 9.17) is 0 Å². The number of hydrogen-bond acceptors (Lipinski definition) is 4. The summed E-state index contributed by atoms with van der Waals surface area (Å²) < 4.78 is 34.6. The second kappa shape index (κ2) is 7.64. The zero-order chi connectivity index (χ0) is 18.6. The zero-order valence-electron chi connectivity index (χ0n) is 14.3. The molecule has 0 radical (unpaired) electrons. The first-order valence-electron chi connectivity index (χ1n) is 8.01. The average Bonchev–Trinajstić information content (AvgIpc) is 2.78. The first-order chi connectivity index (χ1) is 11.7. The van der Waals surface area contributed by atoms with Crippen LogP contribution in [0.5, 0.6) is 11.5 Å². The van der Waals surface area contributed by atoms with Crippen LogP contribution >= 0.6 is 0 Å². The molecule has 9 heteroatoms. The summed E-state index contributed by atoms with van der Waals surface area (Å²) in [6.45, 7) is 6.43. The Bertz CT molecular complexity index is 652. The Labute approximate surface area is 144 Å². The van der Waals surface area contributed by atoms with E-state index in [1.165, 1.54) is 18.2 Å². The quantitative estimate of drug-likeness (QED) is 0.658. The highest BCUT2D eigenvalue weighted by Crippen LogP contribution is 2.42. The number of hydrogen-bond donors (Lipinski definition) is 3. The Hall–Kier alpha value is -2.42. The predicted molar refractivity (Wildman–Crippen MR) is 85.8 cm³/mol. The smallest absolute Gasteiger partial charge is 0.395 e. The number of amides is 2. The second-order valence-electron chi connectivity index (χ2n) is 6.06. The van der Waals surface area contributed by atoms with E-state index in [-0.39, 0.29) is 42.4 Å². The van der Waals surface area contributed by atoms with E-state index < -0.39 is 6.29 Å². The lowest BCUT2D eigenvalue weighted by Crippen LogP contribution is -3.14. The Morgan fingerprint density at radius 1 is 1.16 bits per heavy atom. The maximum Gasteiger partial charge on any atom is 0.586 e. The summed E-state index contributed by atoms with van der Waals surface area (Å²) in [5, 5.41) is 5.38. The fraction of sp³-hybridized carbons (Fsp3) is 0.500. The Kier molecular flexibility index (Phi) is 5.78. The van der Waals surface area contributed by atoms with Crippen molar-refractivity contribution in [3.63, 3.8) is 0 Å². The third-order valence-electron chi connectivity index (χ3n) is 3.46. The fourth-order valence-electron chi connectivity index (χ4n) is 2.37. The largest absolute Gasteiger partial charge is 0.586 e. The molecule has 0 fully saturated rings. The van der Waals surface area contributed by atoms with Gasteiger partial charge in [0, 0.05) is 17.8 Å². The number of quaternary nitrogens is 1. The molecule has 1 aromatic carbocycles. The molecule has 0 aliphatic carbocycles. The van der Waals surface area contributed by atoms with Gasteiger partial charge in [-0.3, -0.25) is 9.59 Å². The molecule has 0 bridgehead atoms. The van der Waals surface area contributed by atoms with Crippen LogP contribution in [0.25, 0.3) is 0 Å². The van der Waals surface area contributed by atoms with Gasteiger partial charge < -0.3 is 25.0 Å². The lowest BCUT2D eigenvalue weighted by molar-refractivity contribution is -0.881. The minimum absolute atomic E-state index is 0.0335. The maximum absolute atomic E-state index is 13.0. The van der Waals surface area contributed by atoms with Crippen LogP contribution in [0.15, 0.2) is 18.2 Å². The van der Waals surface area contributed by atoms with Crippen LogP contribution in [0.1, 0.15) is 20.8 Å². The highest BCUT2D eigenvalue weighted by Gasteiger charge is 2.43. The molecule has 25 heavy (non-hydrogen) atoms. The maximum atomic E-state index is 13.0. The van der Waals surface area contributed by atoms with Crippen molar-refractivity contribution in [1.29, 1.82) is 0 Å². The first-order valence-corrected chi connectivity index (χ1v) is 8.01. The standard InChI is InChI=1S/C16H21F2N3O4/c1-4-21(8-14(22)19-10(2)3)9-15(23)20-11-5-6-12-13(7-11)25-16(17,18)24-12/h5-7,10H,4,8-9H2,1-3H3,(H,19,22)(H,20,23)/p+1. The second-order valence-corrected chi connectivity index (χ2v) is 6.06. The lowest BCUT2D eigenvalue weighted by Gasteiger charge is -2.17. The summed E-state index contributed by atoms with van der Waals surface area (Å²) >= 11 is 0. The van der Waals surface area contributed by atoms with Gasteiger partial charge in [0.2, 0.25) is 0 Å². The molecule has 1 aliphatic heterocycles. The van der Waals surface area contributed by atoms with Gasteiger partial charge in [0.05, 0.1) is 6.54 Å².